The van der Waals surface area contributed by atoms with E-state index in [9.17, 15) is 4.79 Å². The fourth-order valence-electron chi connectivity index (χ4n) is 3.55. The predicted octanol–water partition coefficient (Wildman–Crippen LogP) is 3.62. The van der Waals surface area contributed by atoms with Crippen molar-refractivity contribution in [1.29, 1.82) is 0 Å². The van der Waals surface area contributed by atoms with Gasteiger partial charge < -0.3 is 29.9 Å². The van der Waals surface area contributed by atoms with E-state index in [0.29, 0.717) is 16.6 Å². The lowest BCUT2D eigenvalue weighted by Gasteiger charge is -2.34. The maximum absolute atomic E-state index is 12.6. The summed E-state index contributed by atoms with van der Waals surface area (Å²) in [5, 5.41) is 8.50. The van der Waals surface area contributed by atoms with Crippen LogP contribution < -0.4 is 25.0 Å². The third-order valence-electron chi connectivity index (χ3n) is 5.35. The summed E-state index contributed by atoms with van der Waals surface area (Å²) in [6.07, 6.45) is 0. The van der Waals surface area contributed by atoms with Crippen LogP contribution in [0.15, 0.2) is 47.8 Å². The first kappa shape index (κ1) is 19.7. The Morgan fingerprint density at radius 2 is 1.74 bits per heavy atom. The molecule has 0 atom stereocenters. The molecule has 160 valence electrons. The number of rotatable bonds is 5. The van der Waals surface area contributed by atoms with E-state index in [2.05, 4.69) is 44.6 Å². The molecule has 1 aromatic heterocycles. The van der Waals surface area contributed by atoms with Gasteiger partial charge in [-0.2, -0.15) is 0 Å². The van der Waals surface area contributed by atoms with Crippen LogP contribution in [0.2, 0.25) is 0 Å². The van der Waals surface area contributed by atoms with Gasteiger partial charge >= 0.3 is 0 Å². The van der Waals surface area contributed by atoms with Crippen molar-refractivity contribution in [2.45, 2.75) is 0 Å². The average Bonchev–Trinajstić information content (AvgIpc) is 3.44. The Bertz CT molecular complexity index is 1080. The van der Waals surface area contributed by atoms with Crippen LogP contribution in [0, 0.1) is 0 Å². The summed E-state index contributed by atoms with van der Waals surface area (Å²) >= 11 is 1.37. The number of carbonyl (C=O) groups is 1. The molecule has 3 heterocycles. The number of fused-ring (bicyclic) bond motifs is 1. The maximum Gasteiger partial charge on any atom is 0.275 e. The van der Waals surface area contributed by atoms with Crippen molar-refractivity contribution >= 4 is 39.4 Å². The number of carbonyl (C=O) groups excluding carboxylic acids is 1. The summed E-state index contributed by atoms with van der Waals surface area (Å²) in [6.45, 7) is 4.38. The number of thiazole rings is 1. The van der Waals surface area contributed by atoms with Crippen molar-refractivity contribution in [3.63, 3.8) is 0 Å². The van der Waals surface area contributed by atoms with Crippen molar-refractivity contribution in [2.24, 2.45) is 0 Å². The molecule has 0 spiro atoms. The molecule has 2 aliphatic rings. The number of hydrogen-bond donors (Lipinski definition) is 2. The molecule has 0 saturated carbocycles. The van der Waals surface area contributed by atoms with Crippen LogP contribution in [-0.2, 0) is 0 Å². The number of likely N-dealkylation sites (N-methyl/N-ethyl adjacent to an activating group) is 1. The van der Waals surface area contributed by atoms with Gasteiger partial charge in [0, 0.05) is 54.7 Å². The zero-order valence-electron chi connectivity index (χ0n) is 17.1. The average molecular weight is 438 g/mol. The molecule has 2 N–H and O–H groups in total. The third-order valence-corrected chi connectivity index (χ3v) is 6.11. The molecule has 5 rings (SSSR count). The quantitative estimate of drug-likeness (QED) is 0.631. The van der Waals surface area contributed by atoms with Crippen molar-refractivity contribution in [3.8, 4) is 11.5 Å². The number of nitrogens with zero attached hydrogens (tertiary/aromatic N) is 3. The summed E-state index contributed by atoms with van der Waals surface area (Å²) in [6, 6.07) is 13.6. The molecule has 0 aliphatic carbocycles. The van der Waals surface area contributed by atoms with Crippen LogP contribution in [0.5, 0.6) is 11.5 Å². The summed E-state index contributed by atoms with van der Waals surface area (Å²) < 4.78 is 10.7. The molecule has 31 heavy (non-hydrogen) atoms. The normalized spacial score (nSPS) is 15.7. The second-order valence-corrected chi connectivity index (χ2v) is 8.38. The molecule has 0 unspecified atom stereocenters. The minimum atomic E-state index is -0.234. The molecule has 1 amide bonds. The van der Waals surface area contributed by atoms with E-state index in [1.807, 2.05) is 30.3 Å². The standard InChI is InChI=1S/C22H23N5O3S/c1-26-8-10-27(11-9-26)17-5-2-15(3-6-17)23-21(28)18-13-31-22(25-18)24-16-4-7-19-20(12-16)30-14-29-19/h2-7,12-13H,8-11,14H2,1H3,(H,23,28)(H,24,25). The molecule has 0 bridgehead atoms. The first-order valence-corrected chi connectivity index (χ1v) is 11.0. The lowest BCUT2D eigenvalue weighted by atomic mass is 10.2. The van der Waals surface area contributed by atoms with E-state index in [1.54, 1.807) is 5.38 Å². The van der Waals surface area contributed by atoms with Gasteiger partial charge in [-0.05, 0) is 43.4 Å². The molecule has 0 radical (unpaired) electrons. The highest BCUT2D eigenvalue weighted by Gasteiger charge is 2.16. The lowest BCUT2D eigenvalue weighted by Crippen LogP contribution is -2.44. The fourth-order valence-corrected chi connectivity index (χ4v) is 4.26. The Labute approximate surface area is 184 Å². The molecule has 1 saturated heterocycles. The Kier molecular flexibility index (Phi) is 5.35. The highest BCUT2D eigenvalue weighted by atomic mass is 32.1. The number of nitrogens with one attached hydrogen (secondary N) is 2. The van der Waals surface area contributed by atoms with Gasteiger partial charge in [0.2, 0.25) is 6.79 Å². The Morgan fingerprint density at radius 1 is 1.00 bits per heavy atom. The van der Waals surface area contributed by atoms with Crippen LogP contribution in [-0.4, -0.2) is 55.8 Å². The van der Waals surface area contributed by atoms with Gasteiger partial charge in [0.05, 0.1) is 0 Å². The second kappa shape index (κ2) is 8.44. The summed E-state index contributed by atoms with van der Waals surface area (Å²) in [5.74, 6) is 1.19. The molecule has 2 aromatic carbocycles. The zero-order valence-corrected chi connectivity index (χ0v) is 17.9. The van der Waals surface area contributed by atoms with Crippen molar-refractivity contribution in [1.82, 2.24) is 9.88 Å². The highest BCUT2D eigenvalue weighted by Crippen LogP contribution is 2.35. The van der Waals surface area contributed by atoms with Gasteiger partial charge in [0.15, 0.2) is 16.6 Å². The summed E-state index contributed by atoms with van der Waals surface area (Å²) in [5.41, 5.74) is 3.12. The maximum atomic E-state index is 12.6. The second-order valence-electron chi connectivity index (χ2n) is 7.52. The third kappa shape index (κ3) is 4.42. The van der Waals surface area contributed by atoms with Crippen LogP contribution >= 0.6 is 11.3 Å². The van der Waals surface area contributed by atoms with Gasteiger partial charge in [0.25, 0.3) is 5.91 Å². The Morgan fingerprint density at radius 3 is 2.55 bits per heavy atom. The fraction of sp³-hybridized carbons (Fsp3) is 0.273. The Hall–Kier alpha value is -3.30. The van der Waals surface area contributed by atoms with Gasteiger partial charge in [-0.15, -0.1) is 11.3 Å². The number of anilines is 4. The smallest absolute Gasteiger partial charge is 0.275 e. The minimum absolute atomic E-state index is 0.233. The van der Waals surface area contributed by atoms with Crippen LogP contribution in [0.4, 0.5) is 22.2 Å². The van der Waals surface area contributed by atoms with Crippen molar-refractivity contribution in [2.75, 3.05) is 55.6 Å². The highest BCUT2D eigenvalue weighted by molar-refractivity contribution is 7.14. The lowest BCUT2D eigenvalue weighted by molar-refractivity contribution is 0.102. The summed E-state index contributed by atoms with van der Waals surface area (Å²) in [4.78, 5) is 21.7. The van der Waals surface area contributed by atoms with Crippen molar-refractivity contribution in [3.05, 3.63) is 53.5 Å². The topological polar surface area (TPSA) is 79.0 Å². The number of ether oxygens (including phenoxy) is 2. The van der Waals surface area contributed by atoms with Gasteiger partial charge in [-0.3, -0.25) is 4.79 Å². The van der Waals surface area contributed by atoms with Gasteiger partial charge in [0.1, 0.15) is 5.69 Å². The zero-order chi connectivity index (χ0) is 21.2. The molecular formula is C22H23N5O3S. The monoisotopic (exact) mass is 437 g/mol. The number of benzene rings is 2. The van der Waals surface area contributed by atoms with Crippen molar-refractivity contribution < 1.29 is 14.3 Å². The van der Waals surface area contributed by atoms with E-state index >= 15 is 0 Å². The predicted molar refractivity (Wildman–Crippen MR) is 122 cm³/mol. The van der Waals surface area contributed by atoms with E-state index in [4.69, 9.17) is 9.47 Å². The van der Waals surface area contributed by atoms with E-state index in [1.165, 1.54) is 17.0 Å². The van der Waals surface area contributed by atoms with Gasteiger partial charge in [-0.1, -0.05) is 0 Å². The van der Waals surface area contributed by atoms with Gasteiger partial charge in [-0.25, -0.2) is 4.98 Å². The number of hydrogen-bond acceptors (Lipinski definition) is 8. The first-order chi connectivity index (χ1) is 15.1. The molecule has 2 aliphatic heterocycles. The largest absolute Gasteiger partial charge is 0.454 e. The molecule has 9 heteroatoms. The molecule has 1 fully saturated rings. The molecule has 3 aromatic rings. The minimum Gasteiger partial charge on any atom is -0.454 e. The van der Waals surface area contributed by atoms with E-state index < -0.39 is 0 Å². The SMILES string of the molecule is CN1CCN(c2ccc(NC(=O)c3csc(Nc4ccc5c(c4)OCO5)n3)cc2)CC1. The first-order valence-electron chi connectivity index (χ1n) is 10.1. The summed E-state index contributed by atoms with van der Waals surface area (Å²) in [7, 11) is 2.14. The molecule has 8 nitrogen and oxygen atoms in total. The van der Waals surface area contributed by atoms with Crippen LogP contribution in [0.25, 0.3) is 0 Å². The van der Waals surface area contributed by atoms with E-state index in [0.717, 1.165) is 43.3 Å². The van der Waals surface area contributed by atoms with E-state index in [-0.39, 0.29) is 12.7 Å². The molecular weight excluding hydrogens is 414 g/mol. The van der Waals surface area contributed by atoms with Crippen LogP contribution in [0.1, 0.15) is 10.5 Å². The number of aromatic nitrogens is 1. The number of amides is 1. The van der Waals surface area contributed by atoms with Crippen LogP contribution in [0.3, 0.4) is 0 Å². The number of piperazine rings is 1. The Balaban J connectivity index is 1.20.